The molecule has 26 heavy (non-hydrogen) atoms. The summed E-state index contributed by atoms with van der Waals surface area (Å²) >= 11 is 0. The van der Waals surface area contributed by atoms with Crippen molar-refractivity contribution in [2.75, 3.05) is 36.4 Å². The summed E-state index contributed by atoms with van der Waals surface area (Å²) in [5.74, 6) is 0.810. The first kappa shape index (κ1) is 15.1. The van der Waals surface area contributed by atoms with Crippen LogP contribution >= 0.6 is 0 Å². The van der Waals surface area contributed by atoms with Crippen LogP contribution < -0.4 is 15.5 Å². The molecule has 0 bridgehead atoms. The maximum Gasteiger partial charge on any atom is 0.141 e. The van der Waals surface area contributed by atoms with Crippen LogP contribution in [-0.2, 0) is 0 Å². The first-order chi connectivity index (χ1) is 12.9. The minimum atomic E-state index is 0.810. The molecule has 4 aromatic rings. The van der Waals surface area contributed by atoms with Gasteiger partial charge in [-0.05, 0) is 36.4 Å². The summed E-state index contributed by atoms with van der Waals surface area (Å²) in [4.78, 5) is 11.3. The molecule has 0 saturated carbocycles. The summed E-state index contributed by atoms with van der Waals surface area (Å²) in [7, 11) is 0. The molecule has 5 rings (SSSR count). The molecule has 0 amide bonds. The Hall–Kier alpha value is -3.19. The largest absolute Gasteiger partial charge is 0.369 e. The number of hydrogen-bond acceptors (Lipinski definition) is 6. The van der Waals surface area contributed by atoms with E-state index in [-0.39, 0.29) is 0 Å². The van der Waals surface area contributed by atoms with Crippen LogP contribution in [0.15, 0.2) is 48.9 Å². The Labute approximate surface area is 150 Å². The van der Waals surface area contributed by atoms with Crippen molar-refractivity contribution in [1.82, 2.24) is 25.5 Å². The van der Waals surface area contributed by atoms with Crippen LogP contribution in [0.2, 0.25) is 0 Å². The smallest absolute Gasteiger partial charge is 0.141 e. The molecule has 130 valence electrons. The van der Waals surface area contributed by atoms with Crippen molar-refractivity contribution in [2.45, 2.75) is 0 Å². The second-order valence-corrected chi connectivity index (χ2v) is 6.46. The molecule has 1 fully saturated rings. The van der Waals surface area contributed by atoms with Crippen molar-refractivity contribution in [2.24, 2.45) is 0 Å². The Morgan fingerprint density at radius 2 is 1.92 bits per heavy atom. The van der Waals surface area contributed by atoms with Crippen LogP contribution in [0.25, 0.3) is 21.8 Å². The predicted molar refractivity (Wildman–Crippen MR) is 104 cm³/mol. The number of aromatic nitrogens is 4. The Balaban J connectivity index is 1.49. The fourth-order valence-corrected chi connectivity index (χ4v) is 3.42. The van der Waals surface area contributed by atoms with Gasteiger partial charge in [-0.1, -0.05) is 0 Å². The average Bonchev–Trinajstić information content (AvgIpc) is 3.16. The van der Waals surface area contributed by atoms with Gasteiger partial charge in [0.25, 0.3) is 0 Å². The quantitative estimate of drug-likeness (QED) is 0.530. The maximum atomic E-state index is 4.47. The zero-order valence-electron chi connectivity index (χ0n) is 14.2. The number of benzene rings is 2. The second-order valence-electron chi connectivity index (χ2n) is 6.46. The standard InChI is InChI=1S/C19H19N7/c1-4-17-13(11-23-25-17)9-14(1)24-19-16-3-2-15(10-18(16)21-12-22-19)26-7-5-20-6-8-26/h1-4,9-12,20H,5-8H2,(H,23,25)(H,21,22,24). The van der Waals surface area contributed by atoms with Crippen molar-refractivity contribution >= 4 is 39.0 Å². The number of anilines is 3. The molecule has 7 heteroatoms. The summed E-state index contributed by atoms with van der Waals surface area (Å²) in [6, 6.07) is 12.5. The molecular weight excluding hydrogens is 326 g/mol. The first-order valence-corrected chi connectivity index (χ1v) is 8.77. The highest BCUT2D eigenvalue weighted by atomic mass is 15.2. The minimum Gasteiger partial charge on any atom is -0.369 e. The van der Waals surface area contributed by atoms with Crippen LogP contribution in [0.4, 0.5) is 17.2 Å². The number of H-pyrrole nitrogens is 1. The van der Waals surface area contributed by atoms with Gasteiger partial charge >= 0.3 is 0 Å². The Kier molecular flexibility index (Phi) is 3.64. The molecule has 0 radical (unpaired) electrons. The summed E-state index contributed by atoms with van der Waals surface area (Å²) in [5.41, 5.74) is 4.15. The van der Waals surface area contributed by atoms with Crippen LogP contribution in [0.3, 0.4) is 0 Å². The van der Waals surface area contributed by atoms with Crippen LogP contribution in [0, 0.1) is 0 Å². The third-order valence-electron chi connectivity index (χ3n) is 4.81. The van der Waals surface area contributed by atoms with Gasteiger partial charge in [-0.25, -0.2) is 9.97 Å². The van der Waals surface area contributed by atoms with Crippen molar-refractivity contribution in [1.29, 1.82) is 0 Å². The van der Waals surface area contributed by atoms with E-state index in [2.05, 4.69) is 60.0 Å². The number of hydrogen-bond donors (Lipinski definition) is 3. The van der Waals surface area contributed by atoms with E-state index in [0.29, 0.717) is 0 Å². The minimum absolute atomic E-state index is 0.810. The van der Waals surface area contributed by atoms with Gasteiger partial charge in [0.1, 0.15) is 12.1 Å². The van der Waals surface area contributed by atoms with E-state index in [0.717, 1.165) is 59.5 Å². The number of nitrogens with one attached hydrogen (secondary N) is 3. The van der Waals surface area contributed by atoms with Crippen LogP contribution in [0.1, 0.15) is 0 Å². The van der Waals surface area contributed by atoms with E-state index in [1.807, 2.05) is 18.3 Å². The number of piperazine rings is 1. The van der Waals surface area contributed by atoms with E-state index in [1.165, 1.54) is 5.69 Å². The van der Waals surface area contributed by atoms with Crippen molar-refractivity contribution in [3.8, 4) is 0 Å². The molecule has 3 N–H and O–H groups in total. The van der Waals surface area contributed by atoms with Gasteiger partial charge in [0.05, 0.1) is 17.2 Å². The van der Waals surface area contributed by atoms with Gasteiger partial charge in [0, 0.05) is 48.3 Å². The SMILES string of the molecule is c1nc(Nc2ccc3[nH]ncc3c2)c2ccc(N3CCNCC3)cc2n1. The topological polar surface area (TPSA) is 81.8 Å². The average molecular weight is 345 g/mol. The number of nitrogens with zero attached hydrogens (tertiary/aromatic N) is 4. The van der Waals surface area contributed by atoms with E-state index in [1.54, 1.807) is 6.33 Å². The van der Waals surface area contributed by atoms with Gasteiger partial charge in [-0.15, -0.1) is 0 Å². The molecule has 2 aromatic carbocycles. The molecule has 0 atom stereocenters. The lowest BCUT2D eigenvalue weighted by molar-refractivity contribution is 0.589. The zero-order valence-corrected chi connectivity index (χ0v) is 14.2. The van der Waals surface area contributed by atoms with E-state index in [4.69, 9.17) is 0 Å². The van der Waals surface area contributed by atoms with E-state index in [9.17, 15) is 0 Å². The fourth-order valence-electron chi connectivity index (χ4n) is 3.42. The molecule has 1 aliphatic rings. The molecule has 1 saturated heterocycles. The van der Waals surface area contributed by atoms with Crippen LogP contribution in [-0.4, -0.2) is 46.3 Å². The van der Waals surface area contributed by atoms with E-state index < -0.39 is 0 Å². The lowest BCUT2D eigenvalue weighted by Crippen LogP contribution is -2.43. The normalized spacial score (nSPS) is 14.8. The fraction of sp³-hybridized carbons (Fsp3) is 0.211. The lowest BCUT2D eigenvalue weighted by atomic mass is 10.1. The highest BCUT2D eigenvalue weighted by Crippen LogP contribution is 2.28. The van der Waals surface area contributed by atoms with Gasteiger partial charge < -0.3 is 15.5 Å². The van der Waals surface area contributed by atoms with Gasteiger partial charge in [-0.2, -0.15) is 5.10 Å². The Morgan fingerprint density at radius 3 is 2.85 bits per heavy atom. The summed E-state index contributed by atoms with van der Waals surface area (Å²) in [5, 5.41) is 15.9. The number of rotatable bonds is 3. The van der Waals surface area contributed by atoms with Crippen molar-refractivity contribution in [3.63, 3.8) is 0 Å². The molecule has 1 aliphatic heterocycles. The van der Waals surface area contributed by atoms with Gasteiger partial charge in [0.15, 0.2) is 0 Å². The molecular formula is C19H19N7. The van der Waals surface area contributed by atoms with Crippen LogP contribution in [0.5, 0.6) is 0 Å². The first-order valence-electron chi connectivity index (χ1n) is 8.77. The number of aromatic amines is 1. The monoisotopic (exact) mass is 345 g/mol. The Bertz CT molecular complexity index is 1070. The molecule has 0 aliphatic carbocycles. The van der Waals surface area contributed by atoms with E-state index >= 15 is 0 Å². The molecule has 7 nitrogen and oxygen atoms in total. The third kappa shape index (κ3) is 2.72. The molecule has 0 spiro atoms. The lowest BCUT2D eigenvalue weighted by Gasteiger charge is -2.29. The highest BCUT2D eigenvalue weighted by Gasteiger charge is 2.12. The number of fused-ring (bicyclic) bond motifs is 2. The van der Waals surface area contributed by atoms with Crippen molar-refractivity contribution in [3.05, 3.63) is 48.9 Å². The third-order valence-corrected chi connectivity index (χ3v) is 4.81. The summed E-state index contributed by atoms with van der Waals surface area (Å²) in [6.45, 7) is 4.08. The Morgan fingerprint density at radius 1 is 1.00 bits per heavy atom. The molecule has 0 unspecified atom stereocenters. The molecule has 3 heterocycles. The maximum absolute atomic E-state index is 4.47. The molecule has 2 aromatic heterocycles. The summed E-state index contributed by atoms with van der Waals surface area (Å²) < 4.78 is 0. The predicted octanol–water partition coefficient (Wildman–Crippen LogP) is 2.66. The van der Waals surface area contributed by atoms with Gasteiger partial charge in [-0.3, -0.25) is 5.10 Å². The zero-order chi connectivity index (χ0) is 17.3. The van der Waals surface area contributed by atoms with Gasteiger partial charge in [0.2, 0.25) is 0 Å². The van der Waals surface area contributed by atoms with Crippen molar-refractivity contribution < 1.29 is 0 Å². The summed E-state index contributed by atoms with van der Waals surface area (Å²) in [6.07, 6.45) is 3.43. The highest BCUT2D eigenvalue weighted by molar-refractivity contribution is 5.93. The second kappa shape index (κ2) is 6.27.